The summed E-state index contributed by atoms with van der Waals surface area (Å²) in [5.41, 5.74) is 6.81. The Labute approximate surface area is 270 Å². The summed E-state index contributed by atoms with van der Waals surface area (Å²) in [5.74, 6) is 1.72. The SMILES string of the molecule is CCN/C=C(\C=N)c1cc(Nc2nc(Nc3ccc4nccnc4c3P(C)C)c3cc[nH]c3n2)c(OC)cc1N1CCN(C)CC1. The highest BCUT2D eigenvalue weighted by Crippen LogP contribution is 2.39. The lowest BCUT2D eigenvalue weighted by atomic mass is 10.0. The van der Waals surface area contributed by atoms with Gasteiger partial charge in [0.1, 0.15) is 17.2 Å². The van der Waals surface area contributed by atoms with Gasteiger partial charge in [-0.2, -0.15) is 9.97 Å². The molecule has 13 heteroatoms. The van der Waals surface area contributed by atoms with Crippen LogP contribution in [0.15, 0.2) is 55.1 Å². The van der Waals surface area contributed by atoms with E-state index in [4.69, 9.17) is 20.1 Å². The number of anilines is 5. The highest BCUT2D eigenvalue weighted by molar-refractivity contribution is 7.65. The number of hydrogen-bond donors (Lipinski definition) is 5. The Balaban J connectivity index is 1.42. The largest absolute Gasteiger partial charge is 0.494 e. The fraction of sp³-hybridized carbons (Fsp3) is 0.303. The quantitative estimate of drug-likeness (QED) is 0.0979. The first kappa shape index (κ1) is 31.2. The number of H-pyrrole nitrogens is 1. The van der Waals surface area contributed by atoms with E-state index in [1.54, 1.807) is 19.5 Å². The highest BCUT2D eigenvalue weighted by Gasteiger charge is 2.22. The molecular formula is C33H40N11OP. The predicted octanol–water partition coefficient (Wildman–Crippen LogP) is 5.12. The maximum atomic E-state index is 8.26. The Morgan fingerprint density at radius 2 is 1.85 bits per heavy atom. The molecule has 238 valence electrons. The van der Waals surface area contributed by atoms with E-state index >= 15 is 0 Å². The number of hydrogen-bond acceptors (Lipinski definition) is 11. The standard InChI is InChI=1S/C33H40N11OP/c1-6-35-20-21(19-34)23-17-26(28(45-3)18-27(23)44-15-13-43(2)14-16-44)40-33-41-31-22(9-10-38-31)32(42-33)39-25-8-7-24-29(30(25)46(4)5)37-12-11-36-24/h7-12,17-20,34-35H,6,13-16H2,1-5H3,(H3,38,39,40,41,42)/b21-20+,34-19?. The normalized spacial score (nSPS) is 14.2. The van der Waals surface area contributed by atoms with Gasteiger partial charge in [0, 0.05) is 97.6 Å². The molecule has 4 heterocycles. The lowest BCUT2D eigenvalue weighted by Gasteiger charge is -2.35. The van der Waals surface area contributed by atoms with E-state index < -0.39 is 7.92 Å². The average Bonchev–Trinajstić information content (AvgIpc) is 3.54. The van der Waals surface area contributed by atoms with Crippen LogP contribution in [-0.2, 0) is 0 Å². The van der Waals surface area contributed by atoms with Crippen molar-refractivity contribution in [3.8, 4) is 5.75 Å². The Morgan fingerprint density at radius 1 is 1.04 bits per heavy atom. The van der Waals surface area contributed by atoms with E-state index in [1.165, 1.54) is 6.21 Å². The second-order valence-corrected chi connectivity index (χ2v) is 13.6. The third kappa shape index (κ3) is 6.31. The molecule has 1 aliphatic rings. The van der Waals surface area contributed by atoms with Gasteiger partial charge < -0.3 is 40.9 Å². The van der Waals surface area contributed by atoms with Crippen molar-refractivity contribution in [3.63, 3.8) is 0 Å². The van der Waals surface area contributed by atoms with Crippen LogP contribution in [0, 0.1) is 5.41 Å². The molecule has 5 N–H and O–H groups in total. The number of nitrogens with one attached hydrogen (secondary N) is 5. The number of likely N-dealkylation sites (N-methyl/N-ethyl adjacent to an activating group) is 1. The summed E-state index contributed by atoms with van der Waals surface area (Å²) in [4.78, 5) is 26.9. The Kier molecular flexibility index (Phi) is 9.28. The fourth-order valence-corrected chi connectivity index (χ4v) is 6.91. The van der Waals surface area contributed by atoms with E-state index in [9.17, 15) is 0 Å². The van der Waals surface area contributed by atoms with Gasteiger partial charge >= 0.3 is 0 Å². The van der Waals surface area contributed by atoms with Gasteiger partial charge in [-0.25, -0.2) is 0 Å². The molecule has 0 bridgehead atoms. The third-order valence-electron chi connectivity index (χ3n) is 8.07. The number of aromatic amines is 1. The molecular weight excluding hydrogens is 597 g/mol. The summed E-state index contributed by atoms with van der Waals surface area (Å²) in [6.07, 6.45) is 8.60. The number of nitrogens with zero attached hydrogens (tertiary/aromatic N) is 6. The number of piperazine rings is 1. The van der Waals surface area contributed by atoms with Crippen molar-refractivity contribution in [3.05, 3.63) is 60.7 Å². The lowest BCUT2D eigenvalue weighted by Crippen LogP contribution is -2.44. The minimum atomic E-state index is -0.510. The molecule has 0 unspecified atom stereocenters. The number of fused-ring (bicyclic) bond motifs is 2. The van der Waals surface area contributed by atoms with Crippen LogP contribution in [-0.4, -0.2) is 96.2 Å². The van der Waals surface area contributed by atoms with Crippen LogP contribution in [0.2, 0.25) is 0 Å². The number of benzene rings is 2. The molecule has 0 atom stereocenters. The van der Waals surface area contributed by atoms with Crippen molar-refractivity contribution >= 4 is 75.9 Å². The van der Waals surface area contributed by atoms with E-state index in [0.717, 1.165) is 77.0 Å². The van der Waals surface area contributed by atoms with Crippen molar-refractivity contribution in [2.75, 3.05) is 75.7 Å². The molecule has 1 saturated heterocycles. The van der Waals surface area contributed by atoms with E-state index in [1.807, 2.05) is 49.7 Å². The fourth-order valence-electron chi connectivity index (χ4n) is 5.70. The summed E-state index contributed by atoms with van der Waals surface area (Å²) >= 11 is 0. The van der Waals surface area contributed by atoms with Crippen LogP contribution in [0.25, 0.3) is 27.6 Å². The van der Waals surface area contributed by atoms with Gasteiger partial charge in [-0.15, -0.1) is 0 Å². The van der Waals surface area contributed by atoms with Crippen molar-refractivity contribution in [1.29, 1.82) is 5.41 Å². The summed E-state index contributed by atoms with van der Waals surface area (Å²) in [6, 6.07) is 10.1. The smallest absolute Gasteiger partial charge is 0.231 e. The molecule has 6 rings (SSSR count). The van der Waals surface area contributed by atoms with Gasteiger partial charge in [-0.05, 0) is 51.6 Å². The van der Waals surface area contributed by atoms with Gasteiger partial charge in [0.15, 0.2) is 0 Å². The third-order valence-corrected chi connectivity index (χ3v) is 9.41. The first-order valence-corrected chi connectivity index (χ1v) is 17.5. The average molecular weight is 638 g/mol. The maximum Gasteiger partial charge on any atom is 0.231 e. The first-order valence-electron chi connectivity index (χ1n) is 15.3. The minimum absolute atomic E-state index is 0.401. The van der Waals surface area contributed by atoms with Crippen molar-refractivity contribution in [1.82, 2.24) is 35.1 Å². The summed E-state index contributed by atoms with van der Waals surface area (Å²) < 4.78 is 5.92. The molecule has 3 aromatic heterocycles. The van der Waals surface area contributed by atoms with Crippen LogP contribution in [0.4, 0.5) is 28.8 Å². The van der Waals surface area contributed by atoms with Crippen molar-refractivity contribution < 1.29 is 4.74 Å². The zero-order chi connectivity index (χ0) is 32.2. The zero-order valence-electron chi connectivity index (χ0n) is 26.8. The van der Waals surface area contributed by atoms with Crippen LogP contribution < -0.4 is 30.9 Å². The molecule has 2 aromatic carbocycles. The molecule has 0 spiro atoms. The molecule has 12 nitrogen and oxygen atoms in total. The Morgan fingerprint density at radius 3 is 2.59 bits per heavy atom. The lowest BCUT2D eigenvalue weighted by molar-refractivity contribution is 0.312. The van der Waals surface area contributed by atoms with E-state index in [0.29, 0.717) is 28.9 Å². The number of aromatic nitrogens is 5. The van der Waals surface area contributed by atoms with Crippen molar-refractivity contribution in [2.45, 2.75) is 6.92 Å². The maximum absolute atomic E-state index is 8.26. The number of ether oxygens (including phenoxy) is 1. The van der Waals surface area contributed by atoms with Crippen molar-refractivity contribution in [2.24, 2.45) is 0 Å². The molecule has 0 radical (unpaired) electrons. The minimum Gasteiger partial charge on any atom is -0.494 e. The second kappa shape index (κ2) is 13.7. The Bertz CT molecular complexity index is 1900. The number of rotatable bonds is 11. The monoisotopic (exact) mass is 637 g/mol. The van der Waals surface area contributed by atoms with Gasteiger partial charge in [0.05, 0.1) is 29.2 Å². The molecule has 0 aliphatic carbocycles. The van der Waals surface area contributed by atoms with Gasteiger partial charge in [-0.1, -0.05) is 7.92 Å². The van der Waals surface area contributed by atoms with Gasteiger partial charge in [0.25, 0.3) is 0 Å². The summed E-state index contributed by atoms with van der Waals surface area (Å²) in [7, 11) is 3.30. The second-order valence-electron chi connectivity index (χ2n) is 11.3. The van der Waals surface area contributed by atoms with E-state index in [2.05, 4.69) is 61.1 Å². The summed E-state index contributed by atoms with van der Waals surface area (Å²) in [5, 5.41) is 20.6. The summed E-state index contributed by atoms with van der Waals surface area (Å²) in [6.45, 7) is 10.9. The van der Waals surface area contributed by atoms with E-state index in [-0.39, 0.29) is 0 Å². The van der Waals surface area contributed by atoms with Gasteiger partial charge in [-0.3, -0.25) is 9.97 Å². The topological polar surface area (TPSA) is 143 Å². The van der Waals surface area contributed by atoms with Crippen LogP contribution in [0.3, 0.4) is 0 Å². The molecule has 0 saturated carbocycles. The molecule has 5 aromatic rings. The molecule has 1 aliphatic heterocycles. The number of allylic oxidation sites excluding steroid dienone is 1. The molecule has 1 fully saturated rings. The molecule has 0 amide bonds. The zero-order valence-corrected chi connectivity index (χ0v) is 27.7. The van der Waals surface area contributed by atoms with Crippen LogP contribution >= 0.6 is 7.92 Å². The number of methoxy groups -OCH3 is 1. The van der Waals surface area contributed by atoms with Gasteiger partial charge in [0.2, 0.25) is 5.95 Å². The Hall–Kier alpha value is -4.80. The predicted molar refractivity (Wildman–Crippen MR) is 192 cm³/mol. The first-order chi connectivity index (χ1) is 22.4. The van der Waals surface area contributed by atoms with Crippen LogP contribution in [0.5, 0.6) is 5.75 Å². The molecule has 46 heavy (non-hydrogen) atoms. The highest BCUT2D eigenvalue weighted by atomic mass is 31.1. The van der Waals surface area contributed by atoms with Crippen LogP contribution in [0.1, 0.15) is 12.5 Å².